The summed E-state index contributed by atoms with van der Waals surface area (Å²) in [6.07, 6.45) is 2.18. The number of nitrogens with one attached hydrogen (secondary N) is 1. The van der Waals surface area contributed by atoms with Gasteiger partial charge in [0.25, 0.3) is 0 Å². The summed E-state index contributed by atoms with van der Waals surface area (Å²) >= 11 is 6.10. The molecule has 1 fully saturated rings. The second-order valence-corrected chi connectivity index (χ2v) is 4.86. The van der Waals surface area contributed by atoms with E-state index in [0.29, 0.717) is 11.1 Å². The van der Waals surface area contributed by atoms with E-state index in [4.69, 9.17) is 11.6 Å². The molecule has 0 aromatic heterocycles. The molecule has 17 heavy (non-hydrogen) atoms. The van der Waals surface area contributed by atoms with E-state index in [0.717, 1.165) is 38.2 Å². The van der Waals surface area contributed by atoms with E-state index in [2.05, 4.69) is 17.1 Å². The predicted octanol–water partition coefficient (Wildman–Crippen LogP) is 3.06. The minimum absolute atomic E-state index is 0.279. The minimum atomic E-state index is -0.279. The third-order valence-electron chi connectivity index (χ3n) is 3.22. The molecule has 0 radical (unpaired) electrons. The van der Waals surface area contributed by atoms with E-state index in [1.54, 1.807) is 6.07 Å². The van der Waals surface area contributed by atoms with Gasteiger partial charge in [0.05, 0.1) is 10.7 Å². The van der Waals surface area contributed by atoms with Crippen LogP contribution in [0.15, 0.2) is 18.2 Å². The van der Waals surface area contributed by atoms with E-state index in [1.807, 2.05) is 0 Å². The van der Waals surface area contributed by atoms with Gasteiger partial charge in [0.1, 0.15) is 5.82 Å². The zero-order chi connectivity index (χ0) is 12.3. The lowest BCUT2D eigenvalue weighted by atomic mass is 10.2. The molecule has 94 valence electrons. The average Bonchev–Trinajstić information content (AvgIpc) is 2.54. The number of hydrogen-bond acceptors (Lipinski definition) is 2. The van der Waals surface area contributed by atoms with Crippen molar-refractivity contribution in [2.75, 3.05) is 24.5 Å². The molecule has 1 aliphatic heterocycles. The van der Waals surface area contributed by atoms with Gasteiger partial charge in [-0.25, -0.2) is 4.39 Å². The van der Waals surface area contributed by atoms with E-state index in [1.165, 1.54) is 12.1 Å². The first-order valence-corrected chi connectivity index (χ1v) is 6.52. The molecule has 0 amide bonds. The fourth-order valence-electron chi connectivity index (χ4n) is 2.23. The van der Waals surface area contributed by atoms with Crippen LogP contribution in [0.1, 0.15) is 19.8 Å². The molecule has 0 aliphatic carbocycles. The Morgan fingerprint density at radius 1 is 1.53 bits per heavy atom. The number of nitrogens with zero attached hydrogens (tertiary/aromatic N) is 1. The van der Waals surface area contributed by atoms with Crippen molar-refractivity contribution >= 4 is 17.3 Å². The molecule has 1 saturated heterocycles. The lowest BCUT2D eigenvalue weighted by Crippen LogP contribution is -2.37. The first-order valence-electron chi connectivity index (χ1n) is 6.14. The molecule has 1 aliphatic rings. The lowest BCUT2D eigenvalue weighted by molar-refractivity contribution is 0.528. The molecule has 0 saturated carbocycles. The van der Waals surface area contributed by atoms with Gasteiger partial charge in [0, 0.05) is 19.1 Å². The van der Waals surface area contributed by atoms with Crippen molar-refractivity contribution in [3.63, 3.8) is 0 Å². The van der Waals surface area contributed by atoms with Crippen LogP contribution in [-0.4, -0.2) is 25.7 Å². The van der Waals surface area contributed by atoms with Gasteiger partial charge in [-0.2, -0.15) is 0 Å². The summed E-state index contributed by atoms with van der Waals surface area (Å²) in [5.74, 6) is -0.279. The quantitative estimate of drug-likeness (QED) is 0.875. The maximum absolute atomic E-state index is 13.0. The Morgan fingerprint density at radius 2 is 2.35 bits per heavy atom. The molecule has 1 N–H and O–H groups in total. The number of rotatable bonds is 2. The Bertz CT molecular complexity index is 384. The third-order valence-corrected chi connectivity index (χ3v) is 3.52. The SMILES string of the molecule is CCC1CN(c2ccc(F)cc2Cl)CCCN1. The van der Waals surface area contributed by atoms with E-state index >= 15 is 0 Å². The van der Waals surface area contributed by atoms with Gasteiger partial charge in [-0.15, -0.1) is 0 Å². The standard InChI is InChI=1S/C13H18ClFN2/c1-2-11-9-17(7-3-6-16-11)13-5-4-10(15)8-12(13)14/h4-5,8,11,16H,2-3,6-7,9H2,1H3. The predicted molar refractivity (Wildman–Crippen MR) is 70.3 cm³/mol. The summed E-state index contributed by atoms with van der Waals surface area (Å²) < 4.78 is 13.0. The fraction of sp³-hybridized carbons (Fsp3) is 0.538. The third kappa shape index (κ3) is 3.11. The number of benzene rings is 1. The van der Waals surface area contributed by atoms with Crippen molar-refractivity contribution in [3.05, 3.63) is 29.0 Å². The first-order chi connectivity index (χ1) is 8.20. The van der Waals surface area contributed by atoms with Crippen molar-refractivity contribution in [2.45, 2.75) is 25.8 Å². The lowest BCUT2D eigenvalue weighted by Gasteiger charge is -2.26. The smallest absolute Gasteiger partial charge is 0.124 e. The molecule has 1 heterocycles. The van der Waals surface area contributed by atoms with Crippen LogP contribution in [0.25, 0.3) is 0 Å². The largest absolute Gasteiger partial charge is 0.369 e. The molecule has 1 unspecified atom stereocenters. The van der Waals surface area contributed by atoms with Crippen molar-refractivity contribution < 1.29 is 4.39 Å². The molecule has 1 aromatic carbocycles. The molecular weight excluding hydrogens is 239 g/mol. The number of halogens is 2. The first kappa shape index (κ1) is 12.7. The van der Waals surface area contributed by atoms with Crippen LogP contribution >= 0.6 is 11.6 Å². The number of anilines is 1. The Balaban J connectivity index is 2.19. The second kappa shape index (κ2) is 5.69. The Morgan fingerprint density at radius 3 is 3.06 bits per heavy atom. The van der Waals surface area contributed by atoms with E-state index < -0.39 is 0 Å². The van der Waals surface area contributed by atoms with Crippen LogP contribution in [0.5, 0.6) is 0 Å². The Hall–Kier alpha value is -0.800. The Labute approximate surface area is 107 Å². The molecule has 4 heteroatoms. The van der Waals surface area contributed by atoms with Crippen LogP contribution in [0.2, 0.25) is 5.02 Å². The minimum Gasteiger partial charge on any atom is -0.369 e. The zero-order valence-corrected chi connectivity index (χ0v) is 10.8. The molecule has 2 rings (SSSR count). The number of hydrogen-bond donors (Lipinski definition) is 1. The summed E-state index contributed by atoms with van der Waals surface area (Å²) in [5.41, 5.74) is 0.940. The van der Waals surface area contributed by atoms with Crippen LogP contribution in [0, 0.1) is 5.82 Å². The molecule has 1 atom stereocenters. The molecule has 1 aromatic rings. The maximum atomic E-state index is 13.0. The van der Waals surface area contributed by atoms with Gasteiger partial charge in [-0.05, 0) is 37.6 Å². The van der Waals surface area contributed by atoms with E-state index in [-0.39, 0.29) is 5.82 Å². The second-order valence-electron chi connectivity index (χ2n) is 4.45. The highest BCUT2D eigenvalue weighted by molar-refractivity contribution is 6.33. The summed E-state index contributed by atoms with van der Waals surface area (Å²) in [6.45, 7) is 5.11. The zero-order valence-electron chi connectivity index (χ0n) is 10.0. The van der Waals surface area contributed by atoms with Crippen molar-refractivity contribution in [1.29, 1.82) is 0 Å². The van der Waals surface area contributed by atoms with Gasteiger partial charge in [-0.1, -0.05) is 18.5 Å². The highest BCUT2D eigenvalue weighted by Gasteiger charge is 2.18. The summed E-state index contributed by atoms with van der Waals surface area (Å²) in [5, 5.41) is 4.00. The summed E-state index contributed by atoms with van der Waals surface area (Å²) in [4.78, 5) is 2.25. The fourth-order valence-corrected chi connectivity index (χ4v) is 2.51. The topological polar surface area (TPSA) is 15.3 Å². The summed E-state index contributed by atoms with van der Waals surface area (Å²) in [6, 6.07) is 5.12. The molecule has 0 spiro atoms. The highest BCUT2D eigenvalue weighted by atomic mass is 35.5. The Kier molecular flexibility index (Phi) is 4.24. The summed E-state index contributed by atoms with van der Waals surface area (Å²) in [7, 11) is 0. The monoisotopic (exact) mass is 256 g/mol. The van der Waals surface area contributed by atoms with Crippen LogP contribution in [0.4, 0.5) is 10.1 Å². The van der Waals surface area contributed by atoms with Gasteiger partial charge in [-0.3, -0.25) is 0 Å². The maximum Gasteiger partial charge on any atom is 0.124 e. The normalized spacial score (nSPS) is 21.4. The van der Waals surface area contributed by atoms with Gasteiger partial charge < -0.3 is 10.2 Å². The van der Waals surface area contributed by atoms with Gasteiger partial charge >= 0.3 is 0 Å². The van der Waals surface area contributed by atoms with Gasteiger partial charge in [0.15, 0.2) is 0 Å². The highest BCUT2D eigenvalue weighted by Crippen LogP contribution is 2.27. The van der Waals surface area contributed by atoms with Crippen LogP contribution < -0.4 is 10.2 Å². The van der Waals surface area contributed by atoms with Gasteiger partial charge in [0.2, 0.25) is 0 Å². The molecule has 0 bridgehead atoms. The molecule has 2 nitrogen and oxygen atoms in total. The molecular formula is C13H18ClFN2. The van der Waals surface area contributed by atoms with Crippen molar-refractivity contribution in [1.82, 2.24) is 5.32 Å². The average molecular weight is 257 g/mol. The van der Waals surface area contributed by atoms with Crippen LogP contribution in [0.3, 0.4) is 0 Å². The van der Waals surface area contributed by atoms with E-state index in [9.17, 15) is 4.39 Å². The van der Waals surface area contributed by atoms with Crippen molar-refractivity contribution in [3.8, 4) is 0 Å². The van der Waals surface area contributed by atoms with Crippen molar-refractivity contribution in [2.24, 2.45) is 0 Å². The van der Waals surface area contributed by atoms with Crippen LogP contribution in [-0.2, 0) is 0 Å².